The Morgan fingerprint density at radius 1 is 1.42 bits per heavy atom. The van der Waals surface area contributed by atoms with Gasteiger partial charge in [-0.15, -0.1) is 0 Å². The van der Waals surface area contributed by atoms with Gasteiger partial charge in [0.05, 0.1) is 17.2 Å². The number of carboxylic acids is 1. The monoisotopic (exact) mass is 205 g/mol. The van der Waals surface area contributed by atoms with E-state index < -0.39 is 17.2 Å². The standard InChI is InChI=1S/C3H6O3.2Al.NO3/c1-2(4)3(5)6;;;2-1(3)4/h2,4H,1H3,(H,5,6);;;/q;2*+3;-1/p-1. The summed E-state index contributed by atoms with van der Waals surface area (Å²) in [6.07, 6.45) is -1.34. The van der Waals surface area contributed by atoms with E-state index in [1.807, 2.05) is 0 Å². The predicted molar refractivity (Wildman–Crippen MR) is 38.6 cm³/mol. The summed E-state index contributed by atoms with van der Waals surface area (Å²) in [5, 5.41) is 32.1. The van der Waals surface area contributed by atoms with Crippen LogP contribution in [0.5, 0.6) is 0 Å². The molecule has 0 bridgehead atoms. The summed E-state index contributed by atoms with van der Waals surface area (Å²) in [4.78, 5) is 17.6. The van der Waals surface area contributed by atoms with Crippen LogP contribution in [0.2, 0.25) is 0 Å². The van der Waals surface area contributed by atoms with E-state index in [1.165, 1.54) is 0 Å². The number of carbonyl (C=O) groups is 1. The molecule has 12 heavy (non-hydrogen) atoms. The third kappa shape index (κ3) is 53.7. The van der Waals surface area contributed by atoms with E-state index >= 15 is 0 Å². The molecule has 7 nitrogen and oxygen atoms in total. The molecule has 0 saturated carbocycles. The van der Waals surface area contributed by atoms with Crippen LogP contribution >= 0.6 is 0 Å². The van der Waals surface area contributed by atoms with E-state index in [0.29, 0.717) is 0 Å². The predicted octanol–water partition coefficient (Wildman–Crippen LogP) is -2.88. The summed E-state index contributed by atoms with van der Waals surface area (Å²) in [6, 6.07) is 0. The Bertz CT molecular complexity index is 124. The first kappa shape index (κ1) is 22.6. The topological polar surface area (TPSA) is 127 Å². The van der Waals surface area contributed by atoms with Crippen molar-refractivity contribution < 1.29 is 20.1 Å². The Balaban J connectivity index is -0.0000000483. The van der Waals surface area contributed by atoms with E-state index in [0.717, 1.165) is 6.92 Å². The molecule has 0 saturated heterocycles. The second-order valence-corrected chi connectivity index (χ2v) is 1.22. The second-order valence-electron chi connectivity index (χ2n) is 1.22. The maximum Gasteiger partial charge on any atom is 3.00 e. The number of rotatable bonds is 1. The van der Waals surface area contributed by atoms with E-state index in [1.54, 1.807) is 0 Å². The minimum absolute atomic E-state index is 0. The third-order valence-corrected chi connectivity index (χ3v) is 0.341. The number of aliphatic hydroxyl groups excluding tert-OH is 1. The molecule has 9 heteroatoms. The summed E-state index contributed by atoms with van der Waals surface area (Å²) in [6.45, 7) is 1.13. The van der Waals surface area contributed by atoms with Gasteiger partial charge in [0.2, 0.25) is 0 Å². The van der Waals surface area contributed by atoms with Crippen molar-refractivity contribution in [1.29, 1.82) is 0 Å². The fourth-order valence-electron chi connectivity index (χ4n) is 0. The molecule has 0 spiro atoms. The zero-order valence-corrected chi connectivity index (χ0v) is 8.48. The van der Waals surface area contributed by atoms with Gasteiger partial charge in [-0.05, 0) is 6.92 Å². The molecule has 0 fully saturated rings. The molecule has 0 heterocycles. The number of hydrogen-bond acceptors (Lipinski definition) is 6. The smallest absolute Gasteiger partial charge is 0.547 e. The molecule has 0 aromatic carbocycles. The molecule has 1 atom stereocenters. The number of carboxylic acid groups (broad SMARTS) is 1. The minimum atomic E-state index is -1.75. The van der Waals surface area contributed by atoms with Gasteiger partial charge in [-0.3, -0.25) is 0 Å². The molecular weight excluding hydrogens is 200 g/mol. The Morgan fingerprint density at radius 3 is 1.50 bits per heavy atom. The third-order valence-electron chi connectivity index (χ3n) is 0.341. The van der Waals surface area contributed by atoms with E-state index in [9.17, 15) is 9.90 Å². The van der Waals surface area contributed by atoms with Crippen LogP contribution in [-0.4, -0.2) is 57.0 Å². The van der Waals surface area contributed by atoms with Crippen LogP contribution in [0.1, 0.15) is 6.92 Å². The van der Waals surface area contributed by atoms with Crippen LogP contribution in [0.3, 0.4) is 0 Å². The molecule has 1 unspecified atom stereocenters. The maximum absolute atomic E-state index is 9.34. The van der Waals surface area contributed by atoms with Crippen molar-refractivity contribution in [2.24, 2.45) is 0 Å². The Labute approximate surface area is 89.4 Å². The summed E-state index contributed by atoms with van der Waals surface area (Å²) in [5.74, 6) is -1.44. The van der Waals surface area contributed by atoms with Crippen molar-refractivity contribution in [3.8, 4) is 0 Å². The molecule has 60 valence electrons. The van der Waals surface area contributed by atoms with E-state index in [4.69, 9.17) is 20.4 Å². The van der Waals surface area contributed by atoms with E-state index in [2.05, 4.69) is 0 Å². The molecule has 0 aliphatic rings. The number of carbonyl (C=O) groups excluding carboxylic acids is 1. The Kier molecular flexibility index (Phi) is 25.0. The summed E-state index contributed by atoms with van der Waals surface area (Å²) < 4.78 is 0. The van der Waals surface area contributed by atoms with Crippen molar-refractivity contribution in [3.05, 3.63) is 15.3 Å². The zero-order chi connectivity index (χ0) is 8.73. The van der Waals surface area contributed by atoms with Crippen LogP contribution in [0, 0.1) is 15.3 Å². The van der Waals surface area contributed by atoms with Crippen molar-refractivity contribution in [2.45, 2.75) is 13.0 Å². The Hall–Kier alpha value is -0.305. The van der Waals surface area contributed by atoms with Crippen LogP contribution in [-0.2, 0) is 4.79 Å². The molecule has 0 aromatic rings. The van der Waals surface area contributed by atoms with Gasteiger partial charge >= 0.3 is 34.7 Å². The number of hydrogen-bond donors (Lipinski definition) is 1. The zero-order valence-electron chi connectivity index (χ0n) is 6.17. The molecule has 0 aromatic heterocycles. The Morgan fingerprint density at radius 2 is 1.50 bits per heavy atom. The fraction of sp³-hybridized carbons (Fsp3) is 0.667. The summed E-state index contributed by atoms with van der Waals surface area (Å²) in [5.41, 5.74) is 0. The van der Waals surface area contributed by atoms with Gasteiger partial charge in [0.15, 0.2) is 0 Å². The number of nitrogens with zero attached hydrogens (tertiary/aromatic N) is 1. The molecule has 0 aliphatic carbocycles. The van der Waals surface area contributed by atoms with Gasteiger partial charge < -0.3 is 30.3 Å². The average molecular weight is 205 g/mol. The van der Waals surface area contributed by atoms with Crippen LogP contribution in [0.25, 0.3) is 0 Å². The van der Waals surface area contributed by atoms with Crippen molar-refractivity contribution in [1.82, 2.24) is 0 Å². The van der Waals surface area contributed by atoms with Gasteiger partial charge in [0, 0.05) is 0 Å². The van der Waals surface area contributed by atoms with Gasteiger partial charge in [0.1, 0.15) is 0 Å². The first-order valence-corrected chi connectivity index (χ1v) is 2.08. The molecule has 0 amide bonds. The molecular formula is C3H5Al2NO6+4. The largest absolute Gasteiger partial charge is 3.00 e. The molecule has 0 radical (unpaired) electrons. The number of aliphatic hydroxyl groups is 1. The minimum Gasteiger partial charge on any atom is -0.547 e. The van der Waals surface area contributed by atoms with Crippen LogP contribution in [0.4, 0.5) is 0 Å². The second kappa shape index (κ2) is 13.3. The number of aliphatic carboxylic acids is 1. The summed E-state index contributed by atoms with van der Waals surface area (Å²) >= 11 is 0. The molecule has 1 N–H and O–H groups in total. The van der Waals surface area contributed by atoms with Gasteiger partial charge in [-0.2, -0.15) is 0 Å². The first-order valence-electron chi connectivity index (χ1n) is 2.08. The average Bonchev–Trinajstić information content (AvgIpc) is 1.63. The fourth-order valence-corrected chi connectivity index (χ4v) is 0. The normalized spacial score (nSPS) is 8.83. The van der Waals surface area contributed by atoms with Gasteiger partial charge in [-0.1, -0.05) is 0 Å². The quantitative estimate of drug-likeness (QED) is 0.278. The van der Waals surface area contributed by atoms with Crippen molar-refractivity contribution in [2.75, 3.05) is 0 Å². The van der Waals surface area contributed by atoms with Gasteiger partial charge in [-0.25, -0.2) is 0 Å². The van der Waals surface area contributed by atoms with Crippen LogP contribution < -0.4 is 5.11 Å². The van der Waals surface area contributed by atoms with Crippen molar-refractivity contribution in [3.63, 3.8) is 0 Å². The van der Waals surface area contributed by atoms with E-state index in [-0.39, 0.29) is 34.7 Å². The SMILES string of the molecule is CC(O)C(=O)[O-].O=[N+]([O-])[O-].[Al+3].[Al+3]. The molecule has 0 rings (SSSR count). The summed E-state index contributed by atoms with van der Waals surface area (Å²) in [7, 11) is 0. The molecule has 0 aliphatic heterocycles. The van der Waals surface area contributed by atoms with Crippen molar-refractivity contribution >= 4 is 40.7 Å². The van der Waals surface area contributed by atoms with Crippen LogP contribution in [0.15, 0.2) is 0 Å². The maximum atomic E-state index is 9.34. The van der Waals surface area contributed by atoms with Gasteiger partial charge in [0.25, 0.3) is 0 Å². The first-order chi connectivity index (χ1) is 4.37.